The minimum Gasteiger partial charge on any atom is -0.496 e. The molecule has 0 aliphatic carbocycles. The number of hydrogen-bond acceptors (Lipinski definition) is 6. The summed E-state index contributed by atoms with van der Waals surface area (Å²) in [7, 11) is 1.53. The number of nitro groups is 1. The Morgan fingerprint density at radius 2 is 1.80 bits per heavy atom. The summed E-state index contributed by atoms with van der Waals surface area (Å²) in [6.45, 7) is 1.19. The maximum Gasteiger partial charge on any atom is 0.270 e. The maximum absolute atomic E-state index is 13.1. The normalized spacial score (nSPS) is 14.2. The summed E-state index contributed by atoms with van der Waals surface area (Å²) in [5.41, 5.74) is 0.875. The largest absolute Gasteiger partial charge is 0.496 e. The highest BCUT2D eigenvalue weighted by molar-refractivity contribution is 7.99. The number of nitro benzene ring substituents is 1. The number of nitrogens with zero attached hydrogens (tertiary/aromatic N) is 2. The molecule has 1 saturated heterocycles. The van der Waals surface area contributed by atoms with Gasteiger partial charge in [-0.05, 0) is 24.3 Å². The van der Waals surface area contributed by atoms with Gasteiger partial charge in [-0.2, -0.15) is 11.8 Å². The molecule has 2 aromatic rings. The maximum atomic E-state index is 13.1. The monoisotopic (exact) mass is 427 g/mol. The van der Waals surface area contributed by atoms with Crippen LogP contribution in [0.25, 0.3) is 6.08 Å². The lowest BCUT2D eigenvalue weighted by Gasteiger charge is -2.27. The van der Waals surface area contributed by atoms with Crippen molar-refractivity contribution < 1.29 is 19.2 Å². The third-order valence-corrected chi connectivity index (χ3v) is 5.50. The number of methoxy groups -OCH3 is 1. The molecule has 0 aromatic heterocycles. The van der Waals surface area contributed by atoms with Crippen molar-refractivity contribution in [1.29, 1.82) is 0 Å². The molecule has 0 radical (unpaired) electrons. The number of non-ortho nitro benzene ring substituents is 1. The number of hydrogen-bond donors (Lipinski definition) is 1. The zero-order chi connectivity index (χ0) is 21.5. The van der Waals surface area contributed by atoms with E-state index in [0.717, 1.165) is 11.5 Å². The SMILES string of the molecule is COc1ccccc1C=C(NC(=O)c1ccc([N+](=O)[O-])cc1)C(=O)N1CCSCC1. The van der Waals surface area contributed by atoms with E-state index < -0.39 is 10.8 Å². The van der Waals surface area contributed by atoms with Crippen LogP contribution in [-0.2, 0) is 4.79 Å². The van der Waals surface area contributed by atoms with Gasteiger partial charge >= 0.3 is 0 Å². The second-order valence-electron chi connectivity index (χ2n) is 6.46. The van der Waals surface area contributed by atoms with Crippen molar-refractivity contribution >= 4 is 35.3 Å². The molecular weight excluding hydrogens is 406 g/mol. The summed E-state index contributed by atoms with van der Waals surface area (Å²) in [5, 5.41) is 13.5. The number of carbonyl (C=O) groups excluding carboxylic acids is 2. The highest BCUT2D eigenvalue weighted by Crippen LogP contribution is 2.21. The van der Waals surface area contributed by atoms with E-state index >= 15 is 0 Å². The Kier molecular flexibility index (Phi) is 7.08. The molecule has 1 aliphatic rings. The number of ether oxygens (including phenoxy) is 1. The van der Waals surface area contributed by atoms with E-state index in [4.69, 9.17) is 4.74 Å². The van der Waals surface area contributed by atoms with E-state index in [2.05, 4.69) is 5.32 Å². The number of amides is 2. The van der Waals surface area contributed by atoms with E-state index in [-0.39, 0.29) is 22.9 Å². The van der Waals surface area contributed by atoms with Gasteiger partial charge in [0.15, 0.2) is 0 Å². The number of thioether (sulfide) groups is 1. The highest BCUT2D eigenvalue weighted by Gasteiger charge is 2.23. The summed E-state index contributed by atoms with van der Waals surface area (Å²) < 4.78 is 5.35. The third kappa shape index (κ3) is 5.18. The predicted octanol–water partition coefficient (Wildman–Crippen LogP) is 2.95. The molecule has 0 atom stereocenters. The van der Waals surface area contributed by atoms with E-state index in [1.165, 1.54) is 31.4 Å². The topological polar surface area (TPSA) is 102 Å². The van der Waals surface area contributed by atoms with Crippen LogP contribution in [0.2, 0.25) is 0 Å². The molecule has 3 rings (SSSR count). The first-order valence-corrected chi connectivity index (χ1v) is 10.4. The van der Waals surface area contributed by atoms with Crippen LogP contribution < -0.4 is 10.1 Å². The Morgan fingerprint density at radius 1 is 1.13 bits per heavy atom. The van der Waals surface area contributed by atoms with Gasteiger partial charge in [0.05, 0.1) is 12.0 Å². The molecule has 2 aromatic carbocycles. The van der Waals surface area contributed by atoms with Gasteiger partial charge in [0, 0.05) is 47.9 Å². The molecule has 8 nitrogen and oxygen atoms in total. The Labute approximate surface area is 178 Å². The van der Waals surface area contributed by atoms with Gasteiger partial charge in [0.25, 0.3) is 17.5 Å². The fourth-order valence-electron chi connectivity index (χ4n) is 2.96. The van der Waals surface area contributed by atoms with E-state index in [1.54, 1.807) is 34.9 Å². The Hall–Kier alpha value is -3.33. The van der Waals surface area contributed by atoms with Crippen LogP contribution in [0.4, 0.5) is 5.69 Å². The average Bonchev–Trinajstić information content (AvgIpc) is 2.79. The summed E-state index contributed by atoms with van der Waals surface area (Å²) in [4.78, 5) is 37.8. The zero-order valence-electron chi connectivity index (χ0n) is 16.4. The third-order valence-electron chi connectivity index (χ3n) is 4.56. The summed E-state index contributed by atoms with van der Waals surface area (Å²) in [6, 6.07) is 12.4. The Bertz CT molecular complexity index is 969. The van der Waals surface area contributed by atoms with Crippen molar-refractivity contribution in [1.82, 2.24) is 10.2 Å². The first kappa shape index (κ1) is 21.4. The lowest BCUT2D eigenvalue weighted by molar-refractivity contribution is -0.384. The predicted molar refractivity (Wildman–Crippen MR) is 115 cm³/mol. The minimum atomic E-state index is -0.535. The van der Waals surface area contributed by atoms with Crippen LogP contribution in [0.3, 0.4) is 0 Å². The van der Waals surface area contributed by atoms with E-state index in [0.29, 0.717) is 24.4 Å². The smallest absolute Gasteiger partial charge is 0.270 e. The Morgan fingerprint density at radius 3 is 2.43 bits per heavy atom. The molecule has 0 spiro atoms. The van der Waals surface area contributed by atoms with Gasteiger partial charge in [-0.3, -0.25) is 19.7 Å². The van der Waals surface area contributed by atoms with Crippen molar-refractivity contribution in [2.45, 2.75) is 0 Å². The second-order valence-corrected chi connectivity index (χ2v) is 7.69. The van der Waals surface area contributed by atoms with Crippen molar-refractivity contribution in [3.8, 4) is 5.75 Å². The molecule has 0 bridgehead atoms. The van der Waals surface area contributed by atoms with E-state index in [1.807, 2.05) is 12.1 Å². The van der Waals surface area contributed by atoms with Crippen molar-refractivity contribution in [3.05, 3.63) is 75.5 Å². The van der Waals surface area contributed by atoms with Crippen LogP contribution in [0, 0.1) is 10.1 Å². The molecule has 9 heteroatoms. The highest BCUT2D eigenvalue weighted by atomic mass is 32.2. The zero-order valence-corrected chi connectivity index (χ0v) is 17.2. The summed E-state index contributed by atoms with van der Waals surface area (Å²) in [6.07, 6.45) is 1.59. The van der Waals surface area contributed by atoms with Crippen LogP contribution in [0.5, 0.6) is 5.75 Å². The van der Waals surface area contributed by atoms with Crippen molar-refractivity contribution in [2.75, 3.05) is 31.7 Å². The molecule has 156 valence electrons. The van der Waals surface area contributed by atoms with Gasteiger partial charge in [-0.15, -0.1) is 0 Å². The Balaban J connectivity index is 1.90. The number of carbonyl (C=O) groups is 2. The van der Waals surface area contributed by atoms with Gasteiger partial charge in [-0.1, -0.05) is 18.2 Å². The molecule has 2 amide bonds. The van der Waals surface area contributed by atoms with Crippen LogP contribution >= 0.6 is 11.8 Å². The molecule has 1 fully saturated rings. The molecular formula is C21H21N3O5S. The first-order chi connectivity index (χ1) is 14.5. The lowest BCUT2D eigenvalue weighted by atomic mass is 10.1. The van der Waals surface area contributed by atoms with Gasteiger partial charge in [0.1, 0.15) is 11.4 Å². The fourth-order valence-corrected chi connectivity index (χ4v) is 3.86. The summed E-state index contributed by atoms with van der Waals surface area (Å²) in [5.74, 6) is 1.44. The van der Waals surface area contributed by atoms with Gasteiger partial charge in [0.2, 0.25) is 0 Å². The molecule has 1 aliphatic heterocycles. The number of para-hydroxylation sites is 1. The van der Waals surface area contributed by atoms with Gasteiger partial charge < -0.3 is 15.0 Å². The van der Waals surface area contributed by atoms with Crippen molar-refractivity contribution in [3.63, 3.8) is 0 Å². The van der Waals surface area contributed by atoms with Crippen LogP contribution in [-0.4, -0.2) is 53.3 Å². The van der Waals surface area contributed by atoms with E-state index in [9.17, 15) is 19.7 Å². The van der Waals surface area contributed by atoms with Gasteiger partial charge in [-0.25, -0.2) is 0 Å². The van der Waals surface area contributed by atoms with Crippen LogP contribution in [0.15, 0.2) is 54.2 Å². The minimum absolute atomic E-state index is 0.113. The molecule has 1 heterocycles. The number of nitrogens with one attached hydrogen (secondary N) is 1. The quantitative estimate of drug-likeness (QED) is 0.432. The second kappa shape index (κ2) is 9.93. The number of rotatable bonds is 6. The van der Waals surface area contributed by atoms with Crippen molar-refractivity contribution in [2.24, 2.45) is 0 Å². The molecule has 30 heavy (non-hydrogen) atoms. The fraction of sp³-hybridized carbons (Fsp3) is 0.238. The summed E-state index contributed by atoms with van der Waals surface area (Å²) >= 11 is 1.78. The lowest BCUT2D eigenvalue weighted by Crippen LogP contribution is -2.42. The van der Waals surface area contributed by atoms with Crippen LogP contribution in [0.1, 0.15) is 15.9 Å². The molecule has 0 unspecified atom stereocenters. The molecule has 1 N–H and O–H groups in total. The standard InChI is InChI=1S/C21H21N3O5S/c1-29-19-5-3-2-4-16(19)14-18(21(26)23-10-12-30-13-11-23)22-20(25)15-6-8-17(9-7-15)24(27)28/h2-9,14H,10-13H2,1H3,(H,22,25). The average molecular weight is 427 g/mol. The molecule has 0 saturated carbocycles. The first-order valence-electron chi connectivity index (χ1n) is 9.27. The number of benzene rings is 2.